The second-order valence-electron chi connectivity index (χ2n) is 9.14. The molecule has 0 aromatic heterocycles. The van der Waals surface area contributed by atoms with Gasteiger partial charge in [-0.1, -0.05) is 55.7 Å². The first kappa shape index (κ1) is 19.3. The number of amides is 1. The van der Waals surface area contributed by atoms with Crippen LogP contribution < -0.4 is 4.90 Å². The van der Waals surface area contributed by atoms with Gasteiger partial charge in [-0.25, -0.2) is 0 Å². The Labute approximate surface area is 178 Å². The van der Waals surface area contributed by atoms with Crippen molar-refractivity contribution >= 4 is 23.3 Å². The second kappa shape index (κ2) is 7.90. The molecule has 0 spiro atoms. The SMILES string of the molecule is C[C@H]1OC(=O)[C@@H]2CC3CCCC[C@H]3[C@H](C(=O)N(c3ccccc3)c3ccccc3)[C@H]12. The number of carbonyl (C=O) groups excluding carboxylic acids is 2. The van der Waals surface area contributed by atoms with Crippen LogP contribution in [0.25, 0.3) is 0 Å². The zero-order valence-electron chi connectivity index (χ0n) is 17.4. The lowest BCUT2D eigenvalue weighted by atomic mass is 9.57. The van der Waals surface area contributed by atoms with Crippen LogP contribution in [0.1, 0.15) is 39.0 Å². The number of benzene rings is 2. The topological polar surface area (TPSA) is 46.6 Å². The Bertz CT molecular complexity index is 873. The lowest BCUT2D eigenvalue weighted by Gasteiger charge is -2.47. The molecular formula is C26H29NO3. The van der Waals surface area contributed by atoms with Gasteiger partial charge in [0.15, 0.2) is 0 Å². The average Bonchev–Trinajstić information content (AvgIpc) is 3.07. The van der Waals surface area contributed by atoms with Gasteiger partial charge in [0.2, 0.25) is 5.91 Å². The van der Waals surface area contributed by atoms with Gasteiger partial charge in [-0.3, -0.25) is 14.5 Å². The average molecular weight is 404 g/mol. The van der Waals surface area contributed by atoms with Crippen molar-refractivity contribution in [2.45, 2.75) is 45.1 Å². The third kappa shape index (κ3) is 3.23. The molecule has 4 nitrogen and oxygen atoms in total. The highest BCUT2D eigenvalue weighted by atomic mass is 16.6. The molecule has 1 aliphatic heterocycles. The van der Waals surface area contributed by atoms with Crippen molar-refractivity contribution in [1.29, 1.82) is 0 Å². The summed E-state index contributed by atoms with van der Waals surface area (Å²) in [7, 11) is 0. The summed E-state index contributed by atoms with van der Waals surface area (Å²) in [6, 6.07) is 19.8. The molecule has 156 valence electrons. The number of ether oxygens (including phenoxy) is 1. The predicted molar refractivity (Wildman–Crippen MR) is 116 cm³/mol. The summed E-state index contributed by atoms with van der Waals surface area (Å²) in [6.07, 6.45) is 5.25. The van der Waals surface area contributed by atoms with Crippen molar-refractivity contribution < 1.29 is 14.3 Å². The zero-order valence-corrected chi connectivity index (χ0v) is 17.4. The number of anilines is 2. The summed E-state index contributed by atoms with van der Waals surface area (Å²) < 4.78 is 5.68. The first-order valence-corrected chi connectivity index (χ1v) is 11.3. The second-order valence-corrected chi connectivity index (χ2v) is 9.14. The third-order valence-corrected chi connectivity index (χ3v) is 7.55. The van der Waals surface area contributed by atoms with Crippen LogP contribution in [0, 0.1) is 29.6 Å². The van der Waals surface area contributed by atoms with Crippen LogP contribution in [0.4, 0.5) is 11.4 Å². The van der Waals surface area contributed by atoms with E-state index in [-0.39, 0.29) is 35.7 Å². The van der Waals surface area contributed by atoms with Crippen LogP contribution in [0.2, 0.25) is 0 Å². The Morgan fingerprint density at radius 2 is 1.53 bits per heavy atom. The molecule has 3 aliphatic rings. The van der Waals surface area contributed by atoms with Crippen molar-refractivity contribution in [2.75, 3.05) is 4.90 Å². The van der Waals surface area contributed by atoms with Gasteiger partial charge in [0, 0.05) is 23.2 Å². The molecule has 3 fully saturated rings. The zero-order chi connectivity index (χ0) is 20.7. The van der Waals surface area contributed by atoms with Gasteiger partial charge in [-0.2, -0.15) is 0 Å². The van der Waals surface area contributed by atoms with Crippen molar-refractivity contribution in [1.82, 2.24) is 0 Å². The smallest absolute Gasteiger partial charge is 0.309 e. The molecular weight excluding hydrogens is 374 g/mol. The maximum absolute atomic E-state index is 14.3. The summed E-state index contributed by atoms with van der Waals surface area (Å²) in [6.45, 7) is 1.97. The molecule has 2 aliphatic carbocycles. The summed E-state index contributed by atoms with van der Waals surface area (Å²) >= 11 is 0. The highest BCUT2D eigenvalue weighted by molar-refractivity contribution is 6.02. The quantitative estimate of drug-likeness (QED) is 0.649. The molecule has 4 heteroatoms. The highest BCUT2D eigenvalue weighted by Gasteiger charge is 2.57. The minimum Gasteiger partial charge on any atom is -0.462 e. The fraction of sp³-hybridized carbons (Fsp3) is 0.462. The predicted octanol–water partition coefficient (Wildman–Crippen LogP) is 5.36. The molecule has 5 rings (SSSR count). The number of esters is 1. The van der Waals surface area contributed by atoms with E-state index in [1.165, 1.54) is 12.8 Å². The molecule has 2 aromatic rings. The summed E-state index contributed by atoms with van der Waals surface area (Å²) in [5.41, 5.74) is 1.75. The monoisotopic (exact) mass is 403 g/mol. The summed E-state index contributed by atoms with van der Waals surface area (Å²) in [5.74, 6) is 0.445. The fourth-order valence-electron chi connectivity index (χ4n) is 6.30. The number of rotatable bonds is 3. The van der Waals surface area contributed by atoms with Gasteiger partial charge in [-0.05, 0) is 55.9 Å². The Morgan fingerprint density at radius 1 is 0.933 bits per heavy atom. The Kier molecular flexibility index (Phi) is 5.10. The summed E-state index contributed by atoms with van der Waals surface area (Å²) in [5, 5.41) is 0. The van der Waals surface area contributed by atoms with Gasteiger partial charge in [0.25, 0.3) is 0 Å². The summed E-state index contributed by atoms with van der Waals surface area (Å²) in [4.78, 5) is 28.8. The number of fused-ring (bicyclic) bond motifs is 2. The molecule has 1 unspecified atom stereocenters. The van der Waals surface area contributed by atoms with Crippen molar-refractivity contribution in [3.05, 3.63) is 60.7 Å². The van der Waals surface area contributed by atoms with E-state index in [2.05, 4.69) is 0 Å². The van der Waals surface area contributed by atoms with Crippen LogP contribution in [0.15, 0.2) is 60.7 Å². The molecule has 0 bridgehead atoms. The number of nitrogens with zero attached hydrogens (tertiary/aromatic N) is 1. The highest BCUT2D eigenvalue weighted by Crippen LogP contribution is 2.54. The molecule has 1 saturated heterocycles. The first-order valence-electron chi connectivity index (χ1n) is 11.3. The number of cyclic esters (lactones) is 1. The number of hydrogen-bond acceptors (Lipinski definition) is 3. The van der Waals surface area contributed by atoms with Crippen LogP contribution in [0.3, 0.4) is 0 Å². The molecule has 0 N–H and O–H groups in total. The van der Waals surface area contributed by atoms with E-state index in [4.69, 9.17) is 4.74 Å². The molecule has 1 amide bonds. The van der Waals surface area contributed by atoms with Gasteiger partial charge in [0.05, 0.1) is 5.92 Å². The molecule has 6 atom stereocenters. The number of para-hydroxylation sites is 2. The molecule has 2 saturated carbocycles. The number of carbonyl (C=O) groups is 2. The minimum atomic E-state index is -0.201. The van der Waals surface area contributed by atoms with Gasteiger partial charge in [-0.15, -0.1) is 0 Å². The Hall–Kier alpha value is -2.62. The lowest BCUT2D eigenvalue weighted by Crippen LogP contribution is -2.50. The molecule has 30 heavy (non-hydrogen) atoms. The largest absolute Gasteiger partial charge is 0.462 e. The molecule has 0 radical (unpaired) electrons. The van der Waals surface area contributed by atoms with E-state index in [1.54, 1.807) is 0 Å². The van der Waals surface area contributed by atoms with E-state index >= 15 is 0 Å². The van der Waals surface area contributed by atoms with E-state index in [0.29, 0.717) is 11.8 Å². The minimum absolute atomic E-state index is 0.0284. The van der Waals surface area contributed by atoms with E-state index < -0.39 is 0 Å². The Morgan fingerprint density at radius 3 is 2.17 bits per heavy atom. The van der Waals surface area contributed by atoms with Gasteiger partial charge in [0.1, 0.15) is 6.10 Å². The molecule has 2 aromatic carbocycles. The van der Waals surface area contributed by atoms with Crippen molar-refractivity contribution in [2.24, 2.45) is 29.6 Å². The van der Waals surface area contributed by atoms with Gasteiger partial charge < -0.3 is 4.74 Å². The maximum Gasteiger partial charge on any atom is 0.309 e. The van der Waals surface area contributed by atoms with Gasteiger partial charge >= 0.3 is 5.97 Å². The molecule has 1 heterocycles. The van der Waals surface area contributed by atoms with Crippen molar-refractivity contribution in [3.63, 3.8) is 0 Å². The number of hydrogen-bond donors (Lipinski definition) is 0. The van der Waals surface area contributed by atoms with E-state index in [9.17, 15) is 9.59 Å². The maximum atomic E-state index is 14.3. The normalized spacial score (nSPS) is 32.6. The lowest BCUT2D eigenvalue weighted by molar-refractivity contribution is -0.144. The van der Waals surface area contributed by atoms with Crippen LogP contribution in [0.5, 0.6) is 0 Å². The van der Waals surface area contributed by atoms with Crippen LogP contribution >= 0.6 is 0 Å². The Balaban J connectivity index is 1.59. The van der Waals surface area contributed by atoms with E-state index in [0.717, 1.165) is 30.6 Å². The van der Waals surface area contributed by atoms with Crippen LogP contribution in [-0.2, 0) is 14.3 Å². The van der Waals surface area contributed by atoms with Crippen molar-refractivity contribution in [3.8, 4) is 0 Å². The third-order valence-electron chi connectivity index (χ3n) is 7.55. The van der Waals surface area contributed by atoms with Crippen LogP contribution in [-0.4, -0.2) is 18.0 Å². The standard InChI is InChI=1S/C26H29NO3/c1-17-23-22(26(29)30-17)16-18-10-8-9-15-21(18)24(23)25(28)27(19-11-4-2-5-12-19)20-13-6-3-7-14-20/h2-7,11-14,17-18,21-24H,8-10,15-16H2,1H3/t17-,18?,21-,22-,23-,24+/m1/s1. The first-order chi connectivity index (χ1) is 14.6. The fourth-order valence-corrected chi connectivity index (χ4v) is 6.30. The van der Waals surface area contributed by atoms with E-state index in [1.807, 2.05) is 72.5 Å².